The summed E-state index contributed by atoms with van der Waals surface area (Å²) in [7, 11) is 0. The van der Waals surface area contributed by atoms with Crippen LogP contribution in [-0.2, 0) is 9.53 Å². The lowest BCUT2D eigenvalue weighted by molar-refractivity contribution is -0.151. The molecule has 0 aromatic rings. The number of hydrogen-bond donors (Lipinski definition) is 0. The molecular weight excluding hydrogens is 166 g/mol. The van der Waals surface area contributed by atoms with Crippen molar-refractivity contribution < 1.29 is 9.53 Å². The molecule has 0 radical (unpaired) electrons. The van der Waals surface area contributed by atoms with Gasteiger partial charge in [0.25, 0.3) is 0 Å². The van der Waals surface area contributed by atoms with Crippen LogP contribution >= 0.6 is 0 Å². The molecule has 0 amide bonds. The van der Waals surface area contributed by atoms with E-state index in [1.165, 1.54) is 12.8 Å². The van der Waals surface area contributed by atoms with Gasteiger partial charge in [0.2, 0.25) is 0 Å². The normalized spacial score (nSPS) is 19.8. The molecule has 0 aromatic heterocycles. The molecule has 1 saturated heterocycles. The molecule has 3 nitrogen and oxygen atoms in total. The van der Waals surface area contributed by atoms with Gasteiger partial charge in [0.05, 0.1) is 0 Å². The lowest BCUT2D eigenvalue weighted by Gasteiger charge is -2.23. The minimum Gasteiger partial charge on any atom is -0.443 e. The molecular formula is C10H17NO2. The van der Waals surface area contributed by atoms with Crippen LogP contribution in [0.1, 0.15) is 26.7 Å². The van der Waals surface area contributed by atoms with Gasteiger partial charge in [-0.2, -0.15) is 0 Å². The highest BCUT2D eigenvalue weighted by Gasteiger charge is 2.20. The lowest BCUT2D eigenvalue weighted by atomic mass is 10.4. The Morgan fingerprint density at radius 1 is 1.46 bits per heavy atom. The van der Waals surface area contributed by atoms with Gasteiger partial charge in [-0.3, -0.25) is 4.90 Å². The minimum absolute atomic E-state index is 0.105. The van der Waals surface area contributed by atoms with Crippen LogP contribution in [0.3, 0.4) is 0 Å². The molecule has 1 fully saturated rings. The maximum atomic E-state index is 11.2. The first-order chi connectivity index (χ1) is 6.11. The highest BCUT2D eigenvalue weighted by atomic mass is 16.6. The Kier molecular flexibility index (Phi) is 3.48. The number of carbonyl (C=O) groups is 1. The number of likely N-dealkylation sites (tertiary alicyclic amines) is 1. The van der Waals surface area contributed by atoms with E-state index in [0.717, 1.165) is 13.1 Å². The van der Waals surface area contributed by atoms with E-state index >= 15 is 0 Å². The van der Waals surface area contributed by atoms with Gasteiger partial charge < -0.3 is 4.74 Å². The largest absolute Gasteiger partial charge is 0.443 e. The Bertz CT molecular complexity index is 207. The van der Waals surface area contributed by atoms with E-state index in [0.29, 0.717) is 5.57 Å². The number of ether oxygens (including phenoxy) is 1. The van der Waals surface area contributed by atoms with E-state index in [4.69, 9.17) is 4.74 Å². The van der Waals surface area contributed by atoms with Crippen LogP contribution in [0.4, 0.5) is 0 Å². The molecule has 0 bridgehead atoms. The molecule has 0 saturated carbocycles. The highest BCUT2D eigenvalue weighted by molar-refractivity contribution is 5.87. The molecule has 1 heterocycles. The third-order valence-corrected chi connectivity index (χ3v) is 2.28. The van der Waals surface area contributed by atoms with Crippen LogP contribution in [0.2, 0.25) is 0 Å². The first-order valence-corrected chi connectivity index (χ1v) is 4.72. The monoisotopic (exact) mass is 183 g/mol. The molecule has 0 aromatic carbocycles. The van der Waals surface area contributed by atoms with Crippen LogP contribution in [0.25, 0.3) is 0 Å². The van der Waals surface area contributed by atoms with Gasteiger partial charge in [-0.1, -0.05) is 6.58 Å². The fraction of sp³-hybridized carbons (Fsp3) is 0.700. The molecule has 1 aliphatic rings. The molecule has 0 aliphatic carbocycles. The van der Waals surface area contributed by atoms with E-state index in [-0.39, 0.29) is 12.2 Å². The standard InChI is InChI=1S/C10H17NO2/c1-8(2)10(12)13-9(3)11-6-4-5-7-11/h9H,1,4-7H2,2-3H3. The van der Waals surface area contributed by atoms with E-state index in [9.17, 15) is 4.79 Å². The molecule has 0 spiro atoms. The first-order valence-electron chi connectivity index (χ1n) is 4.72. The molecule has 1 aliphatic heterocycles. The summed E-state index contributed by atoms with van der Waals surface area (Å²) >= 11 is 0. The Balaban J connectivity index is 2.35. The average molecular weight is 183 g/mol. The Morgan fingerprint density at radius 3 is 2.46 bits per heavy atom. The topological polar surface area (TPSA) is 29.5 Å². The van der Waals surface area contributed by atoms with Crippen molar-refractivity contribution in [2.45, 2.75) is 32.9 Å². The van der Waals surface area contributed by atoms with E-state index in [1.54, 1.807) is 6.92 Å². The Morgan fingerprint density at radius 2 is 2.00 bits per heavy atom. The third kappa shape index (κ3) is 2.84. The zero-order chi connectivity index (χ0) is 9.84. The fourth-order valence-electron chi connectivity index (χ4n) is 1.44. The maximum absolute atomic E-state index is 11.2. The van der Waals surface area contributed by atoms with Crippen molar-refractivity contribution in [2.75, 3.05) is 13.1 Å². The molecule has 1 atom stereocenters. The van der Waals surface area contributed by atoms with Gasteiger partial charge in [0.1, 0.15) is 0 Å². The molecule has 13 heavy (non-hydrogen) atoms. The smallest absolute Gasteiger partial charge is 0.334 e. The summed E-state index contributed by atoms with van der Waals surface area (Å²) in [5, 5.41) is 0. The van der Waals surface area contributed by atoms with Crippen LogP contribution < -0.4 is 0 Å². The van der Waals surface area contributed by atoms with Gasteiger partial charge in [0, 0.05) is 18.7 Å². The van der Waals surface area contributed by atoms with Gasteiger partial charge in [-0.15, -0.1) is 0 Å². The van der Waals surface area contributed by atoms with E-state index in [2.05, 4.69) is 11.5 Å². The maximum Gasteiger partial charge on any atom is 0.334 e. The minimum atomic E-state index is -0.292. The second-order valence-corrected chi connectivity index (χ2v) is 3.53. The summed E-state index contributed by atoms with van der Waals surface area (Å²) in [5.74, 6) is -0.292. The SMILES string of the molecule is C=C(C)C(=O)OC(C)N1CCCC1. The molecule has 74 valence electrons. The number of hydrogen-bond acceptors (Lipinski definition) is 3. The summed E-state index contributed by atoms with van der Waals surface area (Å²) in [6.07, 6.45) is 2.30. The number of esters is 1. The predicted molar refractivity (Wildman–Crippen MR) is 51.2 cm³/mol. The second kappa shape index (κ2) is 4.42. The summed E-state index contributed by atoms with van der Waals surface area (Å²) in [5.41, 5.74) is 0.464. The van der Waals surface area contributed by atoms with Crippen LogP contribution in [-0.4, -0.2) is 30.2 Å². The zero-order valence-corrected chi connectivity index (χ0v) is 8.38. The van der Waals surface area contributed by atoms with Crippen LogP contribution in [0.15, 0.2) is 12.2 Å². The van der Waals surface area contributed by atoms with Gasteiger partial charge in [-0.05, 0) is 26.7 Å². The van der Waals surface area contributed by atoms with Crippen molar-refractivity contribution in [3.05, 3.63) is 12.2 Å². The molecule has 1 rings (SSSR count). The lowest BCUT2D eigenvalue weighted by Crippen LogP contribution is -2.34. The second-order valence-electron chi connectivity index (χ2n) is 3.53. The molecule has 3 heteroatoms. The number of rotatable bonds is 3. The van der Waals surface area contributed by atoms with Crippen molar-refractivity contribution in [1.82, 2.24) is 4.90 Å². The van der Waals surface area contributed by atoms with E-state index < -0.39 is 0 Å². The molecule has 0 N–H and O–H groups in total. The average Bonchev–Trinajstić information content (AvgIpc) is 2.55. The van der Waals surface area contributed by atoms with Crippen molar-refractivity contribution in [1.29, 1.82) is 0 Å². The number of nitrogens with zero attached hydrogens (tertiary/aromatic N) is 1. The van der Waals surface area contributed by atoms with E-state index in [1.807, 2.05) is 6.92 Å². The fourth-order valence-corrected chi connectivity index (χ4v) is 1.44. The summed E-state index contributed by atoms with van der Waals surface area (Å²) in [6.45, 7) is 9.18. The zero-order valence-electron chi connectivity index (χ0n) is 8.38. The molecule has 1 unspecified atom stereocenters. The van der Waals surface area contributed by atoms with Crippen molar-refractivity contribution in [2.24, 2.45) is 0 Å². The summed E-state index contributed by atoms with van der Waals surface area (Å²) in [4.78, 5) is 13.3. The highest BCUT2D eigenvalue weighted by Crippen LogP contribution is 2.12. The van der Waals surface area contributed by atoms with Crippen LogP contribution in [0.5, 0.6) is 0 Å². The summed E-state index contributed by atoms with van der Waals surface area (Å²) < 4.78 is 5.18. The quantitative estimate of drug-likeness (QED) is 0.491. The van der Waals surface area contributed by atoms with Crippen LogP contribution in [0, 0.1) is 0 Å². The van der Waals surface area contributed by atoms with Crippen molar-refractivity contribution in [3.63, 3.8) is 0 Å². The van der Waals surface area contributed by atoms with Crippen molar-refractivity contribution >= 4 is 5.97 Å². The van der Waals surface area contributed by atoms with Gasteiger partial charge in [0.15, 0.2) is 6.23 Å². The predicted octanol–water partition coefficient (Wildman–Crippen LogP) is 1.55. The first kappa shape index (κ1) is 10.3. The van der Waals surface area contributed by atoms with Crippen molar-refractivity contribution in [3.8, 4) is 0 Å². The Labute approximate surface area is 79.4 Å². The summed E-state index contributed by atoms with van der Waals surface area (Å²) in [6, 6.07) is 0. The number of carbonyl (C=O) groups excluding carboxylic acids is 1. The third-order valence-electron chi connectivity index (χ3n) is 2.28. The Hall–Kier alpha value is -0.830. The van der Waals surface area contributed by atoms with Gasteiger partial charge in [-0.25, -0.2) is 4.79 Å². The van der Waals surface area contributed by atoms with Gasteiger partial charge >= 0.3 is 5.97 Å².